The molecule has 1 fully saturated rings. The molecular weight excluding hydrogens is 572 g/mol. The van der Waals surface area contributed by atoms with E-state index in [1.165, 1.54) is 24.3 Å². The number of imidazole rings is 1. The molecule has 0 bridgehead atoms. The van der Waals surface area contributed by atoms with E-state index < -0.39 is 35.6 Å². The average molecular weight is 595 g/mol. The van der Waals surface area contributed by atoms with Gasteiger partial charge in [-0.15, -0.1) is 0 Å². The van der Waals surface area contributed by atoms with Gasteiger partial charge in [-0.2, -0.15) is 13.2 Å². The third kappa shape index (κ3) is 6.12. The van der Waals surface area contributed by atoms with Gasteiger partial charge in [-0.1, -0.05) is 18.2 Å². The lowest BCUT2D eigenvalue weighted by atomic mass is 10.2. The van der Waals surface area contributed by atoms with Gasteiger partial charge in [0.05, 0.1) is 18.1 Å². The average Bonchev–Trinajstić information content (AvgIpc) is 3.66. The van der Waals surface area contributed by atoms with Crippen LogP contribution in [-0.2, 0) is 11.3 Å². The summed E-state index contributed by atoms with van der Waals surface area (Å²) in [6, 6.07) is 14.3. The first-order valence-electron chi connectivity index (χ1n) is 13.1. The van der Waals surface area contributed by atoms with Crippen molar-refractivity contribution in [3.63, 3.8) is 0 Å². The molecule has 0 atom stereocenters. The maximum Gasteiger partial charge on any atom is 0.407 e. The van der Waals surface area contributed by atoms with Gasteiger partial charge in [0.15, 0.2) is 17.4 Å². The number of halogens is 4. The van der Waals surface area contributed by atoms with E-state index in [9.17, 15) is 31.9 Å². The van der Waals surface area contributed by atoms with Crippen LogP contribution in [0.1, 0.15) is 23.2 Å². The highest BCUT2D eigenvalue weighted by Crippen LogP contribution is 2.31. The van der Waals surface area contributed by atoms with Crippen molar-refractivity contribution in [3.05, 3.63) is 101 Å². The van der Waals surface area contributed by atoms with Crippen molar-refractivity contribution in [2.24, 2.45) is 5.92 Å². The lowest BCUT2D eigenvalue weighted by Gasteiger charge is -2.13. The van der Waals surface area contributed by atoms with E-state index in [1.807, 2.05) is 0 Å². The first-order valence-corrected chi connectivity index (χ1v) is 13.1. The number of amides is 2. The van der Waals surface area contributed by atoms with Crippen molar-refractivity contribution in [1.82, 2.24) is 18.7 Å². The Morgan fingerprint density at radius 1 is 0.977 bits per heavy atom. The quantitative estimate of drug-likeness (QED) is 0.234. The number of aromatic nitrogens is 4. The molecule has 5 aromatic rings. The maximum absolute atomic E-state index is 14.9. The molecule has 2 aromatic carbocycles. The SMILES string of the molecule is O=C(Nc1ccc(Oc2ccc3nc(NC(=O)C4CC4)cn3c2)c(F)c1)c1cn(CC(F)(F)F)n(-c2ccccc2)c1=O. The summed E-state index contributed by atoms with van der Waals surface area (Å²) in [5, 5.41) is 5.10. The highest BCUT2D eigenvalue weighted by atomic mass is 19.4. The second kappa shape index (κ2) is 10.8. The van der Waals surface area contributed by atoms with Gasteiger partial charge in [0, 0.05) is 23.9 Å². The van der Waals surface area contributed by atoms with E-state index in [1.54, 1.807) is 47.1 Å². The first kappa shape index (κ1) is 27.8. The molecule has 6 rings (SSSR count). The number of hydrogen-bond acceptors (Lipinski definition) is 5. The largest absolute Gasteiger partial charge is 0.453 e. The first-order chi connectivity index (χ1) is 20.5. The van der Waals surface area contributed by atoms with E-state index in [0.29, 0.717) is 16.1 Å². The Hall–Kier alpha value is -5.40. The van der Waals surface area contributed by atoms with Crippen molar-refractivity contribution >= 4 is 29.0 Å². The Bertz CT molecular complexity index is 1910. The lowest BCUT2D eigenvalue weighted by Crippen LogP contribution is -2.28. The summed E-state index contributed by atoms with van der Waals surface area (Å²) >= 11 is 0. The van der Waals surface area contributed by atoms with E-state index >= 15 is 0 Å². The monoisotopic (exact) mass is 594 g/mol. The van der Waals surface area contributed by atoms with Gasteiger partial charge in [-0.05, 0) is 49.2 Å². The number of carbonyl (C=O) groups excluding carboxylic acids is 2. The van der Waals surface area contributed by atoms with Crippen LogP contribution in [-0.4, -0.2) is 36.7 Å². The standard InChI is InChI=1S/C29H22F4N6O4/c30-22-12-18(34-27(41)21-14-38(16-29(31,32)33)39(28(21)42)19-4-2-1-3-5-19)8-10-23(22)43-20-9-11-25-35-24(15-37(25)13-20)36-26(40)17-6-7-17/h1-5,8-15,17H,6-7,16H2,(H,34,41)(H,36,40). The summed E-state index contributed by atoms with van der Waals surface area (Å²) in [6.45, 7) is -1.51. The van der Waals surface area contributed by atoms with Crippen molar-refractivity contribution < 1.29 is 31.9 Å². The zero-order valence-electron chi connectivity index (χ0n) is 22.1. The number of benzene rings is 2. The Kier molecular flexibility index (Phi) is 6.96. The van der Waals surface area contributed by atoms with Gasteiger partial charge in [0.2, 0.25) is 5.91 Å². The fourth-order valence-electron chi connectivity index (χ4n) is 4.44. The highest BCUT2D eigenvalue weighted by molar-refractivity contribution is 6.04. The van der Waals surface area contributed by atoms with E-state index in [0.717, 1.165) is 29.8 Å². The molecule has 3 heterocycles. The number of fused-ring (bicyclic) bond motifs is 1. The van der Waals surface area contributed by atoms with Gasteiger partial charge >= 0.3 is 6.18 Å². The number of anilines is 2. The van der Waals surface area contributed by atoms with Crippen molar-refractivity contribution in [1.29, 1.82) is 0 Å². The molecule has 0 aliphatic heterocycles. The van der Waals surface area contributed by atoms with Gasteiger partial charge in [-0.25, -0.2) is 14.1 Å². The summed E-state index contributed by atoms with van der Waals surface area (Å²) in [7, 11) is 0. The maximum atomic E-state index is 14.9. The number of nitrogens with one attached hydrogen (secondary N) is 2. The van der Waals surface area contributed by atoms with Crippen LogP contribution < -0.4 is 20.9 Å². The fourth-order valence-corrected chi connectivity index (χ4v) is 4.44. The third-order valence-electron chi connectivity index (χ3n) is 6.59. The Morgan fingerprint density at radius 3 is 2.44 bits per heavy atom. The number of pyridine rings is 1. The predicted octanol–water partition coefficient (Wildman–Crippen LogP) is 5.38. The van der Waals surface area contributed by atoms with Gasteiger partial charge in [0.1, 0.15) is 23.5 Å². The van der Waals surface area contributed by atoms with Crippen LogP contribution in [0, 0.1) is 11.7 Å². The van der Waals surface area contributed by atoms with E-state index in [4.69, 9.17) is 4.74 Å². The van der Waals surface area contributed by atoms with E-state index in [2.05, 4.69) is 15.6 Å². The highest BCUT2D eigenvalue weighted by Gasteiger charge is 2.31. The Balaban J connectivity index is 1.18. The molecule has 2 amide bonds. The number of carbonyl (C=O) groups is 2. The van der Waals surface area contributed by atoms with Crippen LogP contribution in [0.2, 0.25) is 0 Å². The molecule has 14 heteroatoms. The normalized spacial score (nSPS) is 13.2. The summed E-state index contributed by atoms with van der Waals surface area (Å²) in [5.74, 6) is -1.48. The molecule has 43 heavy (non-hydrogen) atoms. The Morgan fingerprint density at radius 2 is 1.74 bits per heavy atom. The minimum absolute atomic E-state index is 0.0166. The number of alkyl halides is 3. The molecule has 2 N–H and O–H groups in total. The van der Waals surface area contributed by atoms with Crippen LogP contribution in [0.25, 0.3) is 11.3 Å². The molecule has 10 nitrogen and oxygen atoms in total. The topological polar surface area (TPSA) is 112 Å². The predicted molar refractivity (Wildman–Crippen MR) is 147 cm³/mol. The number of ether oxygens (including phenoxy) is 1. The second-order valence-corrected chi connectivity index (χ2v) is 9.93. The molecule has 1 saturated carbocycles. The van der Waals surface area contributed by atoms with Crippen LogP contribution in [0.4, 0.5) is 29.1 Å². The molecule has 0 saturated heterocycles. The van der Waals surface area contributed by atoms with Crippen LogP contribution >= 0.6 is 0 Å². The van der Waals surface area contributed by atoms with Crippen molar-refractivity contribution in [2.75, 3.05) is 10.6 Å². The molecular formula is C29H22F4N6O4. The number of nitrogens with zero attached hydrogens (tertiary/aromatic N) is 4. The smallest absolute Gasteiger partial charge is 0.407 e. The number of para-hydroxylation sites is 1. The van der Waals surface area contributed by atoms with Crippen molar-refractivity contribution in [2.45, 2.75) is 25.6 Å². The molecule has 1 aliphatic rings. The van der Waals surface area contributed by atoms with Gasteiger partial charge in [0.25, 0.3) is 11.5 Å². The van der Waals surface area contributed by atoms with Crippen LogP contribution in [0.3, 0.4) is 0 Å². The van der Waals surface area contributed by atoms with Crippen LogP contribution in [0.5, 0.6) is 11.5 Å². The van der Waals surface area contributed by atoms with Crippen LogP contribution in [0.15, 0.2) is 84.0 Å². The lowest BCUT2D eigenvalue weighted by molar-refractivity contribution is -0.143. The zero-order chi connectivity index (χ0) is 30.3. The zero-order valence-corrected chi connectivity index (χ0v) is 22.1. The molecule has 0 radical (unpaired) electrons. The number of rotatable bonds is 8. The number of hydrogen-bond donors (Lipinski definition) is 2. The second-order valence-electron chi connectivity index (χ2n) is 9.93. The minimum Gasteiger partial charge on any atom is -0.453 e. The van der Waals surface area contributed by atoms with E-state index in [-0.39, 0.29) is 34.7 Å². The summed E-state index contributed by atoms with van der Waals surface area (Å²) in [4.78, 5) is 42.2. The molecule has 1 aliphatic carbocycles. The summed E-state index contributed by atoms with van der Waals surface area (Å²) in [5.41, 5.74) is -0.914. The molecule has 3 aromatic heterocycles. The Labute approximate surface area is 240 Å². The molecule has 0 spiro atoms. The third-order valence-corrected chi connectivity index (χ3v) is 6.59. The minimum atomic E-state index is -4.66. The summed E-state index contributed by atoms with van der Waals surface area (Å²) < 4.78 is 63.2. The summed E-state index contributed by atoms with van der Waals surface area (Å²) in [6.07, 6.45) is 1.01. The van der Waals surface area contributed by atoms with Gasteiger partial charge in [-0.3, -0.25) is 19.1 Å². The van der Waals surface area contributed by atoms with Crippen molar-refractivity contribution in [3.8, 4) is 17.2 Å². The molecule has 220 valence electrons. The fraction of sp³-hybridized carbons (Fsp3) is 0.172. The molecule has 0 unspecified atom stereocenters. The van der Waals surface area contributed by atoms with Gasteiger partial charge < -0.3 is 19.8 Å².